The summed E-state index contributed by atoms with van der Waals surface area (Å²) in [4.78, 5) is 13.9. The van der Waals surface area contributed by atoms with E-state index in [1.165, 1.54) is 0 Å². The van der Waals surface area contributed by atoms with Crippen molar-refractivity contribution in [1.82, 2.24) is 10.2 Å². The summed E-state index contributed by atoms with van der Waals surface area (Å²) >= 11 is 0. The third-order valence-electron chi connectivity index (χ3n) is 4.61. The first kappa shape index (κ1) is 14.2. The Morgan fingerprint density at radius 3 is 2.81 bits per heavy atom. The van der Waals surface area contributed by atoms with Crippen molar-refractivity contribution in [3.8, 4) is 11.5 Å². The van der Waals surface area contributed by atoms with Crippen LogP contribution in [0.4, 0.5) is 0 Å². The van der Waals surface area contributed by atoms with Crippen LogP contribution in [0.1, 0.15) is 17.0 Å². The summed E-state index contributed by atoms with van der Waals surface area (Å²) in [5.41, 5.74) is 1.08. The first-order chi connectivity index (χ1) is 10.0. The van der Waals surface area contributed by atoms with E-state index in [0.717, 1.165) is 11.1 Å². The standard InChI is InChI=1S/C15H20N2O4/c1-17-7-10-12-9(4-5-11(20-2)13(12)21-3)6-16-15(10,8-17)14(18)19/h4-5,10,16H,6-8H2,1-3H3,(H,18,19)/t10-,15-/m1/s1. The second-order valence-corrected chi connectivity index (χ2v) is 5.75. The zero-order chi connectivity index (χ0) is 15.2. The van der Waals surface area contributed by atoms with Gasteiger partial charge in [-0.15, -0.1) is 0 Å². The van der Waals surface area contributed by atoms with Crippen molar-refractivity contribution in [3.05, 3.63) is 23.3 Å². The number of ether oxygens (including phenoxy) is 2. The Morgan fingerprint density at radius 1 is 1.43 bits per heavy atom. The summed E-state index contributed by atoms with van der Waals surface area (Å²) in [6.45, 7) is 1.68. The number of carboxylic acid groups (broad SMARTS) is 1. The van der Waals surface area contributed by atoms with Crippen LogP contribution in [0.3, 0.4) is 0 Å². The summed E-state index contributed by atoms with van der Waals surface area (Å²) in [7, 11) is 5.13. The predicted octanol–water partition coefficient (Wildman–Crippen LogP) is 0.659. The van der Waals surface area contributed by atoms with E-state index >= 15 is 0 Å². The van der Waals surface area contributed by atoms with Gasteiger partial charge in [-0.25, -0.2) is 0 Å². The Labute approximate surface area is 123 Å². The highest BCUT2D eigenvalue weighted by Crippen LogP contribution is 2.47. The lowest BCUT2D eigenvalue weighted by atomic mass is 9.76. The van der Waals surface area contributed by atoms with Gasteiger partial charge in [-0.1, -0.05) is 6.07 Å². The summed E-state index contributed by atoms with van der Waals surface area (Å²) < 4.78 is 10.9. The number of nitrogens with zero attached hydrogens (tertiary/aromatic N) is 1. The molecule has 0 bridgehead atoms. The second-order valence-electron chi connectivity index (χ2n) is 5.75. The molecule has 21 heavy (non-hydrogen) atoms. The smallest absolute Gasteiger partial charge is 0.325 e. The highest BCUT2D eigenvalue weighted by Gasteiger charge is 2.55. The fourth-order valence-corrected chi connectivity index (χ4v) is 3.66. The number of methoxy groups -OCH3 is 2. The van der Waals surface area contributed by atoms with Gasteiger partial charge in [0.2, 0.25) is 0 Å². The Kier molecular flexibility index (Phi) is 3.30. The Balaban J connectivity index is 2.19. The Hall–Kier alpha value is -1.79. The summed E-state index contributed by atoms with van der Waals surface area (Å²) in [6.07, 6.45) is 0. The van der Waals surface area contributed by atoms with E-state index in [1.54, 1.807) is 14.2 Å². The monoisotopic (exact) mass is 292 g/mol. The Morgan fingerprint density at radius 2 is 2.19 bits per heavy atom. The van der Waals surface area contributed by atoms with E-state index in [0.29, 0.717) is 31.1 Å². The number of rotatable bonds is 3. The molecule has 0 aliphatic carbocycles. The molecule has 2 heterocycles. The maximum atomic E-state index is 11.9. The molecule has 1 aromatic rings. The predicted molar refractivity (Wildman–Crippen MR) is 77.0 cm³/mol. The number of nitrogens with one attached hydrogen (secondary N) is 1. The molecule has 3 rings (SSSR count). The van der Waals surface area contributed by atoms with Crippen molar-refractivity contribution in [1.29, 1.82) is 0 Å². The van der Waals surface area contributed by atoms with Crippen LogP contribution in [0.2, 0.25) is 0 Å². The van der Waals surface area contributed by atoms with Gasteiger partial charge in [0, 0.05) is 31.1 Å². The van der Waals surface area contributed by atoms with Crippen LogP contribution in [-0.4, -0.2) is 55.9 Å². The molecule has 0 spiro atoms. The van der Waals surface area contributed by atoms with Crippen molar-refractivity contribution >= 4 is 5.97 Å². The molecule has 0 saturated carbocycles. The topological polar surface area (TPSA) is 71.0 Å². The van der Waals surface area contributed by atoms with Crippen LogP contribution < -0.4 is 14.8 Å². The molecule has 1 saturated heterocycles. The lowest BCUT2D eigenvalue weighted by Crippen LogP contribution is -2.59. The average molecular weight is 292 g/mol. The number of hydrogen-bond donors (Lipinski definition) is 2. The van der Waals surface area contributed by atoms with E-state index in [4.69, 9.17) is 9.47 Å². The van der Waals surface area contributed by atoms with Gasteiger partial charge in [0.05, 0.1) is 14.2 Å². The first-order valence-electron chi connectivity index (χ1n) is 6.94. The molecular weight excluding hydrogens is 272 g/mol. The molecule has 2 aliphatic rings. The molecule has 0 radical (unpaired) electrons. The maximum absolute atomic E-state index is 11.9. The van der Waals surface area contributed by atoms with Crippen molar-refractivity contribution in [2.45, 2.75) is 18.0 Å². The Bertz CT molecular complexity index is 589. The van der Waals surface area contributed by atoms with Crippen LogP contribution in [0.15, 0.2) is 12.1 Å². The van der Waals surface area contributed by atoms with Crippen LogP contribution in [0, 0.1) is 0 Å². The minimum Gasteiger partial charge on any atom is -0.493 e. The molecule has 6 heteroatoms. The minimum absolute atomic E-state index is 0.159. The second kappa shape index (κ2) is 4.89. The third kappa shape index (κ3) is 1.90. The summed E-state index contributed by atoms with van der Waals surface area (Å²) in [5, 5.41) is 13.0. The van der Waals surface area contributed by atoms with Gasteiger partial charge >= 0.3 is 5.97 Å². The minimum atomic E-state index is -0.957. The number of aliphatic carboxylic acids is 1. The van der Waals surface area contributed by atoms with Gasteiger partial charge < -0.3 is 19.5 Å². The molecule has 0 aromatic heterocycles. The van der Waals surface area contributed by atoms with Gasteiger partial charge in [-0.3, -0.25) is 10.1 Å². The number of likely N-dealkylation sites (N-methyl/N-ethyl adjacent to an activating group) is 1. The SMILES string of the molecule is COc1ccc2c(c1OC)[C@H]1CN(C)C[C@@]1(C(=O)O)NC2. The van der Waals surface area contributed by atoms with Crippen molar-refractivity contribution < 1.29 is 19.4 Å². The zero-order valence-corrected chi connectivity index (χ0v) is 12.5. The summed E-state index contributed by atoms with van der Waals surface area (Å²) in [6, 6.07) is 3.85. The van der Waals surface area contributed by atoms with Crippen molar-refractivity contribution in [2.24, 2.45) is 0 Å². The van der Waals surface area contributed by atoms with E-state index < -0.39 is 11.5 Å². The summed E-state index contributed by atoms with van der Waals surface area (Å²) in [5.74, 6) is 0.329. The lowest BCUT2D eigenvalue weighted by Gasteiger charge is -2.38. The number of fused-ring (bicyclic) bond motifs is 3. The zero-order valence-electron chi connectivity index (χ0n) is 12.5. The molecule has 1 fully saturated rings. The van der Waals surface area contributed by atoms with Gasteiger partial charge in [0.25, 0.3) is 0 Å². The molecule has 0 unspecified atom stereocenters. The highest BCUT2D eigenvalue weighted by atomic mass is 16.5. The quantitative estimate of drug-likeness (QED) is 0.853. The first-order valence-corrected chi connectivity index (χ1v) is 6.94. The number of carbonyl (C=O) groups is 1. The van der Waals surface area contributed by atoms with E-state index in [2.05, 4.69) is 5.32 Å². The van der Waals surface area contributed by atoms with Gasteiger partial charge in [0.15, 0.2) is 11.5 Å². The molecular formula is C15H20N2O4. The lowest BCUT2D eigenvalue weighted by molar-refractivity contribution is -0.145. The maximum Gasteiger partial charge on any atom is 0.325 e. The molecule has 0 amide bonds. The molecule has 2 atom stereocenters. The van der Waals surface area contributed by atoms with Crippen LogP contribution >= 0.6 is 0 Å². The molecule has 2 N–H and O–H groups in total. The van der Waals surface area contributed by atoms with E-state index in [-0.39, 0.29) is 5.92 Å². The number of carboxylic acids is 1. The molecule has 1 aromatic carbocycles. The number of hydrogen-bond acceptors (Lipinski definition) is 5. The number of benzene rings is 1. The average Bonchev–Trinajstić information content (AvgIpc) is 2.83. The fourth-order valence-electron chi connectivity index (χ4n) is 3.66. The molecule has 114 valence electrons. The van der Waals surface area contributed by atoms with Gasteiger partial charge in [-0.2, -0.15) is 0 Å². The third-order valence-corrected chi connectivity index (χ3v) is 4.61. The largest absolute Gasteiger partial charge is 0.493 e. The molecule has 6 nitrogen and oxygen atoms in total. The van der Waals surface area contributed by atoms with Crippen LogP contribution in [0.25, 0.3) is 0 Å². The van der Waals surface area contributed by atoms with Crippen molar-refractivity contribution in [2.75, 3.05) is 34.4 Å². The normalized spacial score (nSPS) is 27.9. The van der Waals surface area contributed by atoms with Gasteiger partial charge in [0.1, 0.15) is 5.54 Å². The van der Waals surface area contributed by atoms with E-state index in [1.807, 2.05) is 24.1 Å². The van der Waals surface area contributed by atoms with E-state index in [9.17, 15) is 9.90 Å². The van der Waals surface area contributed by atoms with Gasteiger partial charge in [-0.05, 0) is 18.7 Å². The van der Waals surface area contributed by atoms with Crippen molar-refractivity contribution in [3.63, 3.8) is 0 Å². The molecule has 2 aliphatic heterocycles. The fraction of sp³-hybridized carbons (Fsp3) is 0.533. The van der Waals surface area contributed by atoms with Crippen LogP contribution in [0.5, 0.6) is 11.5 Å². The number of likely N-dealkylation sites (tertiary alicyclic amines) is 1. The highest BCUT2D eigenvalue weighted by molar-refractivity contribution is 5.83. The van der Waals surface area contributed by atoms with Crippen LogP contribution in [-0.2, 0) is 11.3 Å².